The molecule has 0 aliphatic heterocycles. The van der Waals surface area contributed by atoms with Gasteiger partial charge in [0.1, 0.15) is 5.39 Å². The van der Waals surface area contributed by atoms with Crippen LogP contribution in [0.4, 0.5) is 0 Å². The van der Waals surface area contributed by atoms with E-state index in [1.165, 1.54) is 17.8 Å². The lowest BCUT2D eigenvalue weighted by atomic mass is 10.1. The van der Waals surface area contributed by atoms with E-state index in [-0.39, 0.29) is 11.3 Å². The Bertz CT molecular complexity index is 703. The summed E-state index contributed by atoms with van der Waals surface area (Å²) in [5.41, 5.74) is -0.0331. The van der Waals surface area contributed by atoms with Crippen LogP contribution in [-0.4, -0.2) is 15.7 Å². The standard InChI is InChI=1S/C12H12N2O3S/c1-3-5-18-12-13-10(16)9-7(4-2)6-8(15)17-11(9)14-12/h3,6H,1,4-5H2,2H3,(H,13,14,16). The third-order valence-corrected chi connectivity index (χ3v) is 3.26. The van der Waals surface area contributed by atoms with Crippen LogP contribution in [0, 0.1) is 0 Å². The second kappa shape index (κ2) is 5.22. The van der Waals surface area contributed by atoms with Crippen molar-refractivity contribution in [1.29, 1.82) is 0 Å². The van der Waals surface area contributed by atoms with Crippen molar-refractivity contribution in [3.05, 3.63) is 45.1 Å². The van der Waals surface area contributed by atoms with Gasteiger partial charge in [0.2, 0.25) is 5.71 Å². The summed E-state index contributed by atoms with van der Waals surface area (Å²) in [4.78, 5) is 30.1. The summed E-state index contributed by atoms with van der Waals surface area (Å²) >= 11 is 1.32. The van der Waals surface area contributed by atoms with Crippen LogP contribution in [0.2, 0.25) is 0 Å². The number of fused-ring (bicyclic) bond motifs is 1. The van der Waals surface area contributed by atoms with Crippen molar-refractivity contribution in [2.24, 2.45) is 0 Å². The minimum absolute atomic E-state index is 0.0923. The van der Waals surface area contributed by atoms with Crippen LogP contribution in [-0.2, 0) is 6.42 Å². The van der Waals surface area contributed by atoms with Crippen LogP contribution >= 0.6 is 11.8 Å². The zero-order valence-electron chi connectivity index (χ0n) is 9.86. The molecule has 2 rings (SSSR count). The second-order valence-electron chi connectivity index (χ2n) is 3.60. The molecule has 2 aromatic heterocycles. The van der Waals surface area contributed by atoms with Gasteiger partial charge in [-0.15, -0.1) is 6.58 Å². The normalized spacial score (nSPS) is 10.7. The molecule has 0 fully saturated rings. The second-order valence-corrected chi connectivity index (χ2v) is 4.60. The summed E-state index contributed by atoms with van der Waals surface area (Å²) in [5, 5.41) is 0.767. The molecule has 2 aromatic rings. The average Bonchev–Trinajstić information content (AvgIpc) is 2.34. The van der Waals surface area contributed by atoms with E-state index in [1.54, 1.807) is 6.08 Å². The number of rotatable bonds is 4. The van der Waals surface area contributed by atoms with Gasteiger partial charge in [0.25, 0.3) is 5.56 Å². The first-order valence-corrected chi connectivity index (χ1v) is 6.45. The number of hydrogen-bond donors (Lipinski definition) is 1. The molecular weight excluding hydrogens is 252 g/mol. The highest BCUT2D eigenvalue weighted by atomic mass is 32.2. The van der Waals surface area contributed by atoms with E-state index in [0.29, 0.717) is 28.3 Å². The van der Waals surface area contributed by atoms with Gasteiger partial charge >= 0.3 is 5.63 Å². The number of aromatic nitrogens is 2. The number of H-pyrrole nitrogens is 1. The fraction of sp³-hybridized carbons (Fsp3) is 0.250. The third-order valence-electron chi connectivity index (χ3n) is 2.39. The van der Waals surface area contributed by atoms with Gasteiger partial charge in [-0.1, -0.05) is 24.8 Å². The van der Waals surface area contributed by atoms with Gasteiger partial charge in [-0.2, -0.15) is 4.98 Å². The number of hydrogen-bond acceptors (Lipinski definition) is 5. The Labute approximate surface area is 107 Å². The van der Waals surface area contributed by atoms with Gasteiger partial charge in [-0.05, 0) is 12.0 Å². The lowest BCUT2D eigenvalue weighted by Crippen LogP contribution is -2.14. The van der Waals surface area contributed by atoms with Gasteiger partial charge in [-0.25, -0.2) is 4.79 Å². The van der Waals surface area contributed by atoms with Crippen molar-refractivity contribution < 1.29 is 4.42 Å². The van der Waals surface area contributed by atoms with Gasteiger partial charge in [0.15, 0.2) is 5.16 Å². The third kappa shape index (κ3) is 2.38. The zero-order valence-corrected chi connectivity index (χ0v) is 10.7. The van der Waals surface area contributed by atoms with E-state index < -0.39 is 5.63 Å². The molecule has 0 bridgehead atoms. The SMILES string of the molecule is C=CCSc1nc2oc(=O)cc(CC)c2c(=O)[nH]1. The maximum atomic E-state index is 12.0. The van der Waals surface area contributed by atoms with Crippen LogP contribution in [0.3, 0.4) is 0 Å². The summed E-state index contributed by atoms with van der Waals surface area (Å²) < 4.78 is 4.98. The van der Waals surface area contributed by atoms with Crippen molar-refractivity contribution in [2.75, 3.05) is 5.75 Å². The highest BCUT2D eigenvalue weighted by Crippen LogP contribution is 2.16. The quantitative estimate of drug-likeness (QED) is 0.517. The van der Waals surface area contributed by atoms with Crippen molar-refractivity contribution in [1.82, 2.24) is 9.97 Å². The summed E-state index contributed by atoms with van der Waals surface area (Å²) in [7, 11) is 0. The molecule has 0 saturated heterocycles. The van der Waals surface area contributed by atoms with Gasteiger partial charge in [-0.3, -0.25) is 4.79 Å². The molecule has 0 aliphatic carbocycles. The summed E-state index contributed by atoms with van der Waals surface area (Å²) in [6.07, 6.45) is 2.28. The van der Waals surface area contributed by atoms with Gasteiger partial charge in [0.05, 0.1) is 0 Å². The molecule has 0 aromatic carbocycles. The number of nitrogens with one attached hydrogen (secondary N) is 1. The molecule has 94 valence electrons. The van der Waals surface area contributed by atoms with E-state index in [9.17, 15) is 9.59 Å². The lowest BCUT2D eigenvalue weighted by Gasteiger charge is -2.03. The Hall–Kier alpha value is -1.82. The topological polar surface area (TPSA) is 76.0 Å². The first-order valence-electron chi connectivity index (χ1n) is 5.46. The Morgan fingerprint density at radius 1 is 1.56 bits per heavy atom. The van der Waals surface area contributed by atoms with Crippen LogP contribution in [0.1, 0.15) is 12.5 Å². The molecule has 0 aliphatic rings. The molecule has 0 amide bonds. The van der Waals surface area contributed by atoms with Crippen LogP contribution in [0.5, 0.6) is 0 Å². The van der Waals surface area contributed by atoms with Crippen LogP contribution in [0.25, 0.3) is 11.1 Å². The average molecular weight is 264 g/mol. The Morgan fingerprint density at radius 3 is 3.00 bits per heavy atom. The highest BCUT2D eigenvalue weighted by Gasteiger charge is 2.11. The first kappa shape index (κ1) is 12.6. The Balaban J connectivity index is 2.69. The molecule has 0 unspecified atom stereocenters. The summed E-state index contributed by atoms with van der Waals surface area (Å²) in [6.45, 7) is 5.46. The van der Waals surface area contributed by atoms with Gasteiger partial charge in [0, 0.05) is 11.8 Å². The Morgan fingerprint density at radius 2 is 2.33 bits per heavy atom. The largest absolute Gasteiger partial charge is 0.403 e. The number of nitrogens with zero attached hydrogens (tertiary/aromatic N) is 1. The van der Waals surface area contributed by atoms with Gasteiger partial charge < -0.3 is 9.40 Å². The van der Waals surface area contributed by atoms with E-state index in [2.05, 4.69) is 16.5 Å². The van der Waals surface area contributed by atoms with Crippen LogP contribution < -0.4 is 11.2 Å². The molecule has 2 heterocycles. The molecular formula is C12H12N2O3S. The molecule has 0 saturated carbocycles. The fourth-order valence-electron chi connectivity index (χ4n) is 1.61. The molecule has 6 heteroatoms. The van der Waals surface area contributed by atoms with E-state index in [4.69, 9.17) is 4.42 Å². The number of thioether (sulfide) groups is 1. The van der Waals surface area contributed by atoms with E-state index in [0.717, 1.165) is 0 Å². The highest BCUT2D eigenvalue weighted by molar-refractivity contribution is 7.99. The maximum absolute atomic E-state index is 12.0. The van der Waals surface area contributed by atoms with Crippen molar-refractivity contribution >= 4 is 22.9 Å². The van der Waals surface area contributed by atoms with Crippen molar-refractivity contribution in [2.45, 2.75) is 18.5 Å². The molecule has 0 radical (unpaired) electrons. The number of aryl methyl sites for hydroxylation is 1. The molecule has 18 heavy (non-hydrogen) atoms. The minimum atomic E-state index is -0.489. The van der Waals surface area contributed by atoms with Crippen molar-refractivity contribution in [3.63, 3.8) is 0 Å². The van der Waals surface area contributed by atoms with Crippen molar-refractivity contribution in [3.8, 4) is 0 Å². The molecule has 0 atom stereocenters. The minimum Gasteiger partial charge on any atom is -0.403 e. The monoisotopic (exact) mass is 264 g/mol. The maximum Gasteiger partial charge on any atom is 0.337 e. The molecule has 5 nitrogen and oxygen atoms in total. The predicted octanol–water partition coefficient (Wildman–Crippen LogP) is 1.72. The molecule has 1 N–H and O–H groups in total. The fourth-order valence-corrected chi connectivity index (χ4v) is 2.20. The zero-order chi connectivity index (χ0) is 13.1. The number of aromatic amines is 1. The first-order chi connectivity index (χ1) is 8.65. The molecule has 0 spiro atoms. The predicted molar refractivity (Wildman–Crippen MR) is 71.2 cm³/mol. The lowest BCUT2D eigenvalue weighted by molar-refractivity contribution is 0.541. The Kier molecular flexibility index (Phi) is 3.66. The van der Waals surface area contributed by atoms with E-state index >= 15 is 0 Å². The van der Waals surface area contributed by atoms with Crippen LogP contribution in [0.15, 0.2) is 37.9 Å². The summed E-state index contributed by atoms with van der Waals surface area (Å²) in [6, 6.07) is 1.33. The smallest absolute Gasteiger partial charge is 0.337 e. The summed E-state index contributed by atoms with van der Waals surface area (Å²) in [5.74, 6) is 0.617. The van der Waals surface area contributed by atoms with E-state index in [1.807, 2.05) is 6.92 Å².